The largest absolute Gasteiger partial charge is 0.494 e. The van der Waals surface area contributed by atoms with Gasteiger partial charge in [0.25, 0.3) is 0 Å². The van der Waals surface area contributed by atoms with Crippen LogP contribution in [0, 0.1) is 0 Å². The number of rotatable bonds is 7. The van der Waals surface area contributed by atoms with Crippen molar-refractivity contribution in [3.8, 4) is 11.4 Å². The average Bonchev–Trinajstić information content (AvgIpc) is 3.18. The van der Waals surface area contributed by atoms with Gasteiger partial charge in [-0.3, -0.25) is 9.47 Å². The molecular weight excluding hydrogens is 404 g/mol. The highest BCUT2D eigenvalue weighted by atomic mass is 16.5. The first kappa shape index (κ1) is 22.1. The van der Waals surface area contributed by atoms with E-state index in [-0.39, 0.29) is 12.1 Å². The molecule has 1 N–H and O–H groups in total. The number of piperazine rings is 1. The number of aromatic nitrogens is 3. The third-order valence-electron chi connectivity index (χ3n) is 5.90. The SMILES string of the molecule is CCOc1ccc(-n2c(CN3CCN(C(=O)NC(C)CC)CC3)nc3cccnc32)cc1. The molecule has 1 aliphatic heterocycles. The van der Waals surface area contributed by atoms with E-state index in [9.17, 15) is 4.79 Å². The highest BCUT2D eigenvalue weighted by molar-refractivity contribution is 5.75. The zero-order chi connectivity index (χ0) is 22.5. The van der Waals surface area contributed by atoms with Crippen LogP contribution in [0.25, 0.3) is 16.9 Å². The van der Waals surface area contributed by atoms with E-state index in [4.69, 9.17) is 9.72 Å². The van der Waals surface area contributed by atoms with Crippen LogP contribution in [0.1, 0.15) is 33.0 Å². The molecule has 0 saturated carbocycles. The van der Waals surface area contributed by atoms with Crippen LogP contribution in [-0.4, -0.2) is 69.2 Å². The Bertz CT molecular complexity index is 1040. The molecule has 1 aliphatic rings. The fourth-order valence-corrected chi connectivity index (χ4v) is 3.91. The lowest BCUT2D eigenvalue weighted by molar-refractivity contribution is 0.131. The summed E-state index contributed by atoms with van der Waals surface area (Å²) in [6.07, 6.45) is 2.73. The minimum Gasteiger partial charge on any atom is -0.494 e. The van der Waals surface area contributed by atoms with Gasteiger partial charge < -0.3 is 15.0 Å². The molecule has 4 rings (SSSR count). The molecule has 32 heavy (non-hydrogen) atoms. The molecule has 2 amide bonds. The molecule has 3 heterocycles. The van der Waals surface area contributed by atoms with Crippen LogP contribution in [0.2, 0.25) is 0 Å². The number of hydrogen-bond acceptors (Lipinski definition) is 5. The lowest BCUT2D eigenvalue weighted by Crippen LogP contribution is -2.52. The highest BCUT2D eigenvalue weighted by Gasteiger charge is 2.24. The van der Waals surface area contributed by atoms with Crippen LogP contribution in [0.15, 0.2) is 42.6 Å². The molecule has 1 atom stereocenters. The number of nitrogens with one attached hydrogen (secondary N) is 1. The van der Waals surface area contributed by atoms with Gasteiger partial charge in [0, 0.05) is 44.1 Å². The summed E-state index contributed by atoms with van der Waals surface area (Å²) in [5.41, 5.74) is 2.73. The van der Waals surface area contributed by atoms with Crippen LogP contribution in [0.3, 0.4) is 0 Å². The normalized spacial score (nSPS) is 15.7. The van der Waals surface area contributed by atoms with Crippen molar-refractivity contribution in [3.63, 3.8) is 0 Å². The van der Waals surface area contributed by atoms with Crippen LogP contribution < -0.4 is 10.1 Å². The quantitative estimate of drug-likeness (QED) is 0.614. The van der Waals surface area contributed by atoms with Crippen molar-refractivity contribution < 1.29 is 9.53 Å². The molecule has 1 fully saturated rings. The van der Waals surface area contributed by atoms with Crippen molar-refractivity contribution in [1.29, 1.82) is 0 Å². The molecule has 0 bridgehead atoms. The molecule has 8 heteroatoms. The van der Waals surface area contributed by atoms with Gasteiger partial charge in [0.15, 0.2) is 5.65 Å². The average molecular weight is 437 g/mol. The van der Waals surface area contributed by atoms with Crippen molar-refractivity contribution >= 4 is 17.2 Å². The van der Waals surface area contributed by atoms with E-state index >= 15 is 0 Å². The molecular formula is C24H32N6O2. The zero-order valence-electron chi connectivity index (χ0n) is 19.1. The number of carbonyl (C=O) groups excluding carboxylic acids is 1. The Labute approximate surface area is 189 Å². The summed E-state index contributed by atoms with van der Waals surface area (Å²) in [5.74, 6) is 1.79. The van der Waals surface area contributed by atoms with Gasteiger partial charge in [-0.25, -0.2) is 14.8 Å². The number of urea groups is 1. The summed E-state index contributed by atoms with van der Waals surface area (Å²) in [6, 6.07) is 12.2. The molecule has 8 nitrogen and oxygen atoms in total. The maximum absolute atomic E-state index is 12.4. The Kier molecular flexibility index (Phi) is 6.90. The summed E-state index contributed by atoms with van der Waals surface area (Å²) >= 11 is 0. The highest BCUT2D eigenvalue weighted by Crippen LogP contribution is 2.23. The van der Waals surface area contributed by atoms with Crippen LogP contribution >= 0.6 is 0 Å². The Morgan fingerprint density at radius 2 is 1.88 bits per heavy atom. The van der Waals surface area contributed by atoms with Crippen LogP contribution in [0.5, 0.6) is 5.75 Å². The Morgan fingerprint density at radius 1 is 1.12 bits per heavy atom. The predicted molar refractivity (Wildman–Crippen MR) is 125 cm³/mol. The molecule has 0 aliphatic carbocycles. The van der Waals surface area contributed by atoms with Gasteiger partial charge in [-0.15, -0.1) is 0 Å². The smallest absolute Gasteiger partial charge is 0.317 e. The monoisotopic (exact) mass is 436 g/mol. The second-order valence-electron chi connectivity index (χ2n) is 8.16. The van der Waals surface area contributed by atoms with E-state index in [1.165, 1.54) is 0 Å². The molecule has 170 valence electrons. The second kappa shape index (κ2) is 9.99. The van der Waals surface area contributed by atoms with Gasteiger partial charge in [-0.05, 0) is 56.7 Å². The third kappa shape index (κ3) is 4.85. The molecule has 1 saturated heterocycles. The van der Waals surface area contributed by atoms with Gasteiger partial charge in [0.1, 0.15) is 17.1 Å². The number of nitrogens with zero attached hydrogens (tertiary/aromatic N) is 5. The van der Waals surface area contributed by atoms with Crippen molar-refractivity contribution in [2.75, 3.05) is 32.8 Å². The summed E-state index contributed by atoms with van der Waals surface area (Å²) < 4.78 is 7.71. The van der Waals surface area contributed by atoms with Gasteiger partial charge >= 0.3 is 6.03 Å². The molecule has 0 spiro atoms. The Hall–Kier alpha value is -3.13. The maximum Gasteiger partial charge on any atom is 0.317 e. The summed E-state index contributed by atoms with van der Waals surface area (Å²) in [7, 11) is 0. The van der Waals surface area contributed by atoms with Gasteiger partial charge in [0.05, 0.1) is 13.2 Å². The number of carbonyl (C=O) groups is 1. The molecule has 1 aromatic carbocycles. The van der Waals surface area contributed by atoms with Crippen molar-refractivity contribution in [3.05, 3.63) is 48.4 Å². The van der Waals surface area contributed by atoms with Gasteiger partial charge in [0.2, 0.25) is 0 Å². The number of fused-ring (bicyclic) bond motifs is 1. The van der Waals surface area contributed by atoms with Crippen molar-refractivity contribution in [2.24, 2.45) is 0 Å². The van der Waals surface area contributed by atoms with Crippen LogP contribution in [-0.2, 0) is 6.54 Å². The molecule has 2 aromatic heterocycles. The van der Waals surface area contributed by atoms with Crippen LogP contribution in [0.4, 0.5) is 4.79 Å². The molecule has 1 unspecified atom stereocenters. The standard InChI is InChI=1S/C24H32N6O2/c1-4-18(3)26-24(31)29-15-13-28(14-16-29)17-22-27-21-7-6-12-25-23(21)30(22)19-8-10-20(11-9-19)32-5-2/h6-12,18H,4-5,13-17H2,1-3H3,(H,26,31). The van der Waals surface area contributed by atoms with Gasteiger partial charge in [-0.2, -0.15) is 0 Å². The first-order valence-corrected chi connectivity index (χ1v) is 11.4. The van der Waals surface area contributed by atoms with E-state index in [2.05, 4.69) is 26.7 Å². The summed E-state index contributed by atoms with van der Waals surface area (Å²) in [4.78, 5) is 26.1. The number of benzene rings is 1. The van der Waals surface area contributed by atoms with E-state index < -0.39 is 0 Å². The van der Waals surface area contributed by atoms with Gasteiger partial charge in [-0.1, -0.05) is 6.92 Å². The maximum atomic E-state index is 12.4. The van der Waals surface area contributed by atoms with E-state index in [0.29, 0.717) is 26.2 Å². The fourth-order valence-electron chi connectivity index (χ4n) is 3.91. The zero-order valence-corrected chi connectivity index (χ0v) is 19.1. The summed E-state index contributed by atoms with van der Waals surface area (Å²) in [6.45, 7) is 10.5. The lowest BCUT2D eigenvalue weighted by atomic mass is 10.2. The third-order valence-corrected chi connectivity index (χ3v) is 5.90. The lowest BCUT2D eigenvalue weighted by Gasteiger charge is -2.35. The fraction of sp³-hybridized carbons (Fsp3) is 0.458. The number of pyridine rings is 1. The predicted octanol–water partition coefficient (Wildman–Crippen LogP) is 3.44. The first-order valence-electron chi connectivity index (χ1n) is 11.4. The Morgan fingerprint density at radius 3 is 2.56 bits per heavy atom. The van der Waals surface area contributed by atoms with E-state index in [1.54, 1.807) is 6.20 Å². The number of imidazole rings is 1. The first-order chi connectivity index (χ1) is 15.6. The minimum atomic E-state index is 0.0322. The molecule has 3 aromatic rings. The van der Waals surface area contributed by atoms with E-state index in [0.717, 1.165) is 47.9 Å². The Balaban J connectivity index is 1.50. The topological polar surface area (TPSA) is 75.5 Å². The summed E-state index contributed by atoms with van der Waals surface area (Å²) in [5, 5.41) is 3.06. The molecule has 0 radical (unpaired) electrons. The minimum absolute atomic E-state index is 0.0322. The van der Waals surface area contributed by atoms with Crippen molar-refractivity contribution in [1.82, 2.24) is 29.7 Å². The van der Waals surface area contributed by atoms with Crippen molar-refractivity contribution in [2.45, 2.75) is 39.8 Å². The van der Waals surface area contributed by atoms with E-state index in [1.807, 2.05) is 55.1 Å². The number of hydrogen-bond donors (Lipinski definition) is 1. The second-order valence-corrected chi connectivity index (χ2v) is 8.16. The number of ether oxygens (including phenoxy) is 1. The number of amides is 2.